The first kappa shape index (κ1) is 17.8. The first-order valence-electron chi connectivity index (χ1n) is 7.76. The Balaban J connectivity index is 3.09. The van der Waals surface area contributed by atoms with Gasteiger partial charge in [-0.25, -0.2) is 0 Å². The van der Waals surface area contributed by atoms with Gasteiger partial charge >= 0.3 is 117 Å². The van der Waals surface area contributed by atoms with Crippen molar-refractivity contribution in [3.05, 3.63) is 0 Å². The van der Waals surface area contributed by atoms with Gasteiger partial charge in [-0.15, -0.1) is 0 Å². The van der Waals surface area contributed by atoms with E-state index in [0.717, 1.165) is 6.61 Å². The number of rotatable bonds is 13. The summed E-state index contributed by atoms with van der Waals surface area (Å²) < 4.78 is 7.46. The fraction of sp³-hybridized carbons (Fsp3) is 1.00. The topological polar surface area (TPSA) is 9.23 Å². The first-order chi connectivity index (χ1) is 8.31. The van der Waals surface area contributed by atoms with Crippen molar-refractivity contribution < 1.29 is 3.07 Å². The molecule has 0 unspecified atom stereocenters. The minimum absolute atomic E-state index is 1.06. The zero-order chi connectivity index (χ0) is 12.8. The van der Waals surface area contributed by atoms with Gasteiger partial charge in [-0.2, -0.15) is 0 Å². The van der Waals surface area contributed by atoms with Crippen LogP contribution in [0.3, 0.4) is 0 Å². The van der Waals surface area contributed by atoms with Crippen LogP contribution in [-0.2, 0) is 3.07 Å². The van der Waals surface area contributed by atoms with E-state index in [-0.39, 0.29) is 0 Å². The minimum atomic E-state index is -1.35. The van der Waals surface area contributed by atoms with Gasteiger partial charge in [0.2, 0.25) is 0 Å². The molecule has 0 spiro atoms. The molecule has 0 aromatic heterocycles. The average Bonchev–Trinajstić information content (AvgIpc) is 2.33. The monoisotopic (exact) mass is 349 g/mol. The van der Waals surface area contributed by atoms with Crippen LogP contribution in [0, 0.1) is 0 Å². The quantitative estimate of drug-likeness (QED) is 0.313. The molecule has 0 N–H and O–H groups in total. The third-order valence-electron chi connectivity index (χ3n) is 3.23. The zero-order valence-corrected chi connectivity index (χ0v) is 15.2. The Morgan fingerprint density at radius 1 is 0.706 bits per heavy atom. The Labute approximate surface area is 117 Å². The van der Waals surface area contributed by atoms with Crippen molar-refractivity contribution in [3.63, 3.8) is 0 Å². The molecule has 0 fully saturated rings. The summed E-state index contributed by atoms with van der Waals surface area (Å²) in [4.78, 5) is 2.42. The molecule has 0 amide bonds. The van der Waals surface area contributed by atoms with E-state index in [1.165, 1.54) is 68.6 Å². The summed E-state index contributed by atoms with van der Waals surface area (Å²) in [5, 5.41) is 0. The molecule has 1 radical (unpaired) electrons. The van der Waals surface area contributed by atoms with Crippen molar-refractivity contribution in [3.8, 4) is 0 Å². The summed E-state index contributed by atoms with van der Waals surface area (Å²) >= 11 is -1.35. The summed E-state index contributed by atoms with van der Waals surface area (Å²) in [5.74, 6) is 0. The summed E-state index contributed by atoms with van der Waals surface area (Å²) in [5.41, 5.74) is 0. The predicted octanol–water partition coefficient (Wildman–Crippen LogP) is 5.57. The Morgan fingerprint density at radius 2 is 1.24 bits per heavy atom. The van der Waals surface area contributed by atoms with Crippen molar-refractivity contribution in [1.82, 2.24) is 0 Å². The van der Waals surface area contributed by atoms with Crippen LogP contribution in [0.4, 0.5) is 0 Å². The predicted molar refractivity (Wildman–Crippen MR) is 79.9 cm³/mol. The van der Waals surface area contributed by atoms with Crippen LogP contribution in [0.1, 0.15) is 78.1 Å². The molecular formula is C15H33OSn. The van der Waals surface area contributed by atoms with E-state index < -0.39 is 20.2 Å². The fourth-order valence-electron chi connectivity index (χ4n) is 2.00. The molecule has 0 rings (SSSR count). The third kappa shape index (κ3) is 14.7. The van der Waals surface area contributed by atoms with Crippen LogP contribution in [0.5, 0.6) is 0 Å². The normalized spacial score (nSPS) is 11.3. The fourth-order valence-corrected chi connectivity index (χ4v) is 5.95. The van der Waals surface area contributed by atoms with Gasteiger partial charge in [-0.05, 0) is 0 Å². The molecule has 0 saturated carbocycles. The van der Waals surface area contributed by atoms with E-state index in [1.807, 2.05) is 0 Å². The second-order valence-electron chi connectivity index (χ2n) is 5.13. The molecule has 0 aliphatic carbocycles. The van der Waals surface area contributed by atoms with Gasteiger partial charge in [0, 0.05) is 0 Å². The molecule has 0 aliphatic rings. The standard InChI is InChI=1S/C8H17.C6H13O.CH3.Sn/c1-3-5-7-8-6-4-2;1-2-3-4-5-6-7;;/h1,3-8H2,2H3;2-6H2,1H3;1H3;/q;-1;;+1. The Bertz CT molecular complexity index is 139. The van der Waals surface area contributed by atoms with Crippen molar-refractivity contribution >= 4 is 20.2 Å². The maximum atomic E-state index is 6.01. The third-order valence-corrected chi connectivity index (χ3v) is 8.24. The van der Waals surface area contributed by atoms with E-state index in [9.17, 15) is 0 Å². The van der Waals surface area contributed by atoms with E-state index in [4.69, 9.17) is 3.07 Å². The Hall–Kier alpha value is 0.759. The van der Waals surface area contributed by atoms with Gasteiger partial charge in [-0.3, -0.25) is 0 Å². The van der Waals surface area contributed by atoms with Crippen molar-refractivity contribution in [1.29, 1.82) is 0 Å². The average molecular weight is 348 g/mol. The molecule has 0 heterocycles. The molecule has 0 bridgehead atoms. The second-order valence-corrected chi connectivity index (χ2v) is 11.4. The van der Waals surface area contributed by atoms with E-state index in [1.54, 1.807) is 0 Å². The summed E-state index contributed by atoms with van der Waals surface area (Å²) in [6, 6.07) is 0. The van der Waals surface area contributed by atoms with E-state index in [2.05, 4.69) is 18.8 Å². The molecular weight excluding hydrogens is 315 g/mol. The van der Waals surface area contributed by atoms with Gasteiger partial charge in [0.15, 0.2) is 0 Å². The van der Waals surface area contributed by atoms with Crippen molar-refractivity contribution in [2.24, 2.45) is 0 Å². The van der Waals surface area contributed by atoms with Crippen molar-refractivity contribution in [2.75, 3.05) is 6.61 Å². The molecule has 17 heavy (non-hydrogen) atoms. The summed E-state index contributed by atoms with van der Waals surface area (Å²) in [6.45, 7) is 5.60. The maximum absolute atomic E-state index is 6.01. The van der Waals surface area contributed by atoms with Crippen LogP contribution in [0.2, 0.25) is 9.38 Å². The van der Waals surface area contributed by atoms with Gasteiger partial charge in [-0.1, -0.05) is 0 Å². The van der Waals surface area contributed by atoms with Crippen LogP contribution in [0.15, 0.2) is 0 Å². The molecule has 0 atom stereocenters. The summed E-state index contributed by atoms with van der Waals surface area (Å²) in [6.07, 6.45) is 13.9. The molecule has 2 heteroatoms. The molecule has 1 nitrogen and oxygen atoms in total. The van der Waals surface area contributed by atoms with Gasteiger partial charge in [0.05, 0.1) is 0 Å². The molecule has 0 aliphatic heterocycles. The van der Waals surface area contributed by atoms with E-state index in [0.29, 0.717) is 0 Å². The molecule has 0 aromatic rings. The van der Waals surface area contributed by atoms with E-state index >= 15 is 0 Å². The van der Waals surface area contributed by atoms with Crippen molar-refractivity contribution in [2.45, 2.75) is 87.4 Å². The zero-order valence-electron chi connectivity index (χ0n) is 12.4. The van der Waals surface area contributed by atoms with Crippen LogP contribution in [-0.4, -0.2) is 26.8 Å². The Kier molecular flexibility index (Phi) is 15.5. The SMILES string of the molecule is CCCCCCC[CH2][Sn]([CH3])[O]CCCCCC. The van der Waals surface area contributed by atoms with Crippen LogP contribution in [0.25, 0.3) is 0 Å². The number of hydrogen-bond donors (Lipinski definition) is 0. The Morgan fingerprint density at radius 3 is 1.88 bits per heavy atom. The molecule has 103 valence electrons. The molecule has 0 saturated heterocycles. The van der Waals surface area contributed by atoms with Crippen LogP contribution >= 0.6 is 0 Å². The summed E-state index contributed by atoms with van der Waals surface area (Å²) in [7, 11) is 0. The number of hydrogen-bond acceptors (Lipinski definition) is 1. The number of unbranched alkanes of at least 4 members (excludes halogenated alkanes) is 8. The van der Waals surface area contributed by atoms with Crippen LogP contribution < -0.4 is 0 Å². The first-order valence-corrected chi connectivity index (χ1v) is 13.8. The molecule has 0 aromatic carbocycles. The van der Waals surface area contributed by atoms with Gasteiger partial charge < -0.3 is 0 Å². The second kappa shape index (κ2) is 14.8. The van der Waals surface area contributed by atoms with Gasteiger partial charge in [0.1, 0.15) is 0 Å². The van der Waals surface area contributed by atoms with Gasteiger partial charge in [0.25, 0.3) is 0 Å².